The van der Waals surface area contributed by atoms with Crippen LogP contribution < -0.4 is 5.32 Å². The molecule has 104 valence electrons. The van der Waals surface area contributed by atoms with E-state index in [4.69, 9.17) is 0 Å². The Bertz CT molecular complexity index is 638. The molecular weight excluding hydrogens is 260 g/mol. The summed E-state index contributed by atoms with van der Waals surface area (Å²) in [6.45, 7) is 3.47. The maximum absolute atomic E-state index is 13.6. The molecule has 0 saturated carbocycles. The summed E-state index contributed by atoms with van der Waals surface area (Å²) in [6, 6.07) is 11.7. The van der Waals surface area contributed by atoms with Crippen LogP contribution in [0.5, 0.6) is 0 Å². The molecule has 4 heteroatoms. The standard InChI is InChI=1S/C16H15F2NO/c1-16(2,11-6-5-7-12(17)10-11)19-15(20)13-8-3-4-9-14(13)18/h3-10H,1-2H3,(H,19,20). The quantitative estimate of drug-likeness (QED) is 0.910. The van der Waals surface area contributed by atoms with E-state index in [9.17, 15) is 13.6 Å². The highest BCUT2D eigenvalue weighted by Crippen LogP contribution is 2.21. The first-order valence-corrected chi connectivity index (χ1v) is 6.23. The fraction of sp³-hybridized carbons (Fsp3) is 0.188. The molecule has 0 aromatic heterocycles. The van der Waals surface area contributed by atoms with Crippen molar-refractivity contribution in [3.63, 3.8) is 0 Å². The van der Waals surface area contributed by atoms with Crippen LogP contribution in [0.25, 0.3) is 0 Å². The number of benzene rings is 2. The fourth-order valence-electron chi connectivity index (χ4n) is 1.95. The second-order valence-electron chi connectivity index (χ2n) is 5.07. The van der Waals surface area contributed by atoms with Crippen LogP contribution in [0, 0.1) is 11.6 Å². The van der Waals surface area contributed by atoms with Gasteiger partial charge in [0.25, 0.3) is 5.91 Å². The molecule has 0 saturated heterocycles. The lowest BCUT2D eigenvalue weighted by atomic mass is 9.93. The van der Waals surface area contributed by atoms with E-state index in [1.54, 1.807) is 32.0 Å². The summed E-state index contributed by atoms with van der Waals surface area (Å²) >= 11 is 0. The molecule has 2 nitrogen and oxygen atoms in total. The van der Waals surface area contributed by atoms with Crippen LogP contribution in [-0.2, 0) is 5.54 Å². The van der Waals surface area contributed by atoms with Gasteiger partial charge in [-0.25, -0.2) is 8.78 Å². The second kappa shape index (κ2) is 5.41. The molecule has 2 aromatic carbocycles. The predicted octanol–water partition coefficient (Wildman–Crippen LogP) is 3.63. The van der Waals surface area contributed by atoms with E-state index in [0.717, 1.165) is 0 Å². The molecule has 0 aliphatic rings. The molecule has 0 fully saturated rings. The zero-order valence-corrected chi connectivity index (χ0v) is 11.3. The number of carbonyl (C=O) groups excluding carboxylic acids is 1. The van der Waals surface area contributed by atoms with E-state index in [0.29, 0.717) is 5.56 Å². The van der Waals surface area contributed by atoms with Crippen LogP contribution in [0.3, 0.4) is 0 Å². The number of hydrogen-bond donors (Lipinski definition) is 1. The van der Waals surface area contributed by atoms with Gasteiger partial charge in [-0.2, -0.15) is 0 Å². The van der Waals surface area contributed by atoms with Gasteiger partial charge in [0.15, 0.2) is 0 Å². The van der Waals surface area contributed by atoms with Gasteiger partial charge < -0.3 is 5.32 Å². The average Bonchev–Trinajstić information content (AvgIpc) is 2.38. The van der Waals surface area contributed by atoms with Crippen molar-refractivity contribution in [3.8, 4) is 0 Å². The molecule has 1 amide bonds. The third kappa shape index (κ3) is 3.02. The second-order valence-corrected chi connectivity index (χ2v) is 5.07. The largest absolute Gasteiger partial charge is 0.343 e. The summed E-state index contributed by atoms with van der Waals surface area (Å²) < 4.78 is 26.8. The van der Waals surface area contributed by atoms with Crippen LogP contribution in [0.2, 0.25) is 0 Å². The van der Waals surface area contributed by atoms with E-state index >= 15 is 0 Å². The summed E-state index contributed by atoms with van der Waals surface area (Å²) in [5, 5.41) is 2.71. The molecular formula is C16H15F2NO. The first-order valence-electron chi connectivity index (χ1n) is 6.23. The first-order chi connectivity index (χ1) is 9.40. The van der Waals surface area contributed by atoms with Crippen LogP contribution in [0.15, 0.2) is 48.5 Å². The first kappa shape index (κ1) is 14.2. The van der Waals surface area contributed by atoms with Gasteiger partial charge in [0.1, 0.15) is 11.6 Å². The van der Waals surface area contributed by atoms with Crippen molar-refractivity contribution >= 4 is 5.91 Å². The zero-order valence-electron chi connectivity index (χ0n) is 11.3. The molecule has 0 aliphatic carbocycles. The predicted molar refractivity (Wildman–Crippen MR) is 73.3 cm³/mol. The van der Waals surface area contributed by atoms with Crippen molar-refractivity contribution in [2.75, 3.05) is 0 Å². The highest BCUT2D eigenvalue weighted by molar-refractivity contribution is 5.94. The van der Waals surface area contributed by atoms with Crippen molar-refractivity contribution in [2.45, 2.75) is 19.4 Å². The van der Waals surface area contributed by atoms with E-state index in [-0.39, 0.29) is 11.4 Å². The summed E-state index contributed by atoms with van der Waals surface area (Å²) in [7, 11) is 0. The third-order valence-electron chi connectivity index (χ3n) is 3.09. The monoisotopic (exact) mass is 275 g/mol. The van der Waals surface area contributed by atoms with Gasteiger partial charge in [0.2, 0.25) is 0 Å². The van der Waals surface area contributed by atoms with Crippen molar-refractivity contribution in [1.82, 2.24) is 5.32 Å². The summed E-state index contributed by atoms with van der Waals surface area (Å²) in [5.74, 6) is -1.49. The Balaban J connectivity index is 2.24. The van der Waals surface area contributed by atoms with E-state index < -0.39 is 17.3 Å². The van der Waals surface area contributed by atoms with E-state index in [2.05, 4.69) is 5.32 Å². The molecule has 0 aliphatic heterocycles. The van der Waals surface area contributed by atoms with Gasteiger partial charge in [0, 0.05) is 0 Å². The Labute approximate surface area is 116 Å². The third-order valence-corrected chi connectivity index (χ3v) is 3.09. The highest BCUT2D eigenvalue weighted by atomic mass is 19.1. The van der Waals surface area contributed by atoms with Crippen LogP contribution in [-0.4, -0.2) is 5.91 Å². The minimum Gasteiger partial charge on any atom is -0.343 e. The number of carbonyl (C=O) groups is 1. The Morgan fingerprint density at radius 2 is 1.75 bits per heavy atom. The van der Waals surface area contributed by atoms with E-state index in [1.807, 2.05) is 0 Å². The van der Waals surface area contributed by atoms with Crippen LogP contribution in [0.1, 0.15) is 29.8 Å². The topological polar surface area (TPSA) is 29.1 Å². The number of hydrogen-bond acceptors (Lipinski definition) is 1. The minimum absolute atomic E-state index is 0.0306. The lowest BCUT2D eigenvalue weighted by molar-refractivity contribution is 0.0907. The van der Waals surface area contributed by atoms with Gasteiger partial charge in [-0.15, -0.1) is 0 Å². The summed E-state index contributed by atoms with van der Waals surface area (Å²) in [6.07, 6.45) is 0. The van der Waals surface area contributed by atoms with Gasteiger partial charge in [-0.05, 0) is 43.7 Å². The number of rotatable bonds is 3. The van der Waals surface area contributed by atoms with Crippen molar-refractivity contribution in [2.24, 2.45) is 0 Å². The normalized spacial score (nSPS) is 11.2. The minimum atomic E-state index is -0.804. The van der Waals surface area contributed by atoms with E-state index in [1.165, 1.54) is 30.3 Å². The SMILES string of the molecule is CC(C)(NC(=O)c1ccccc1F)c1cccc(F)c1. The van der Waals surface area contributed by atoms with Gasteiger partial charge in [-0.1, -0.05) is 24.3 Å². The lowest BCUT2D eigenvalue weighted by Crippen LogP contribution is -2.41. The highest BCUT2D eigenvalue weighted by Gasteiger charge is 2.24. The molecule has 0 heterocycles. The lowest BCUT2D eigenvalue weighted by Gasteiger charge is -2.27. The number of amides is 1. The van der Waals surface area contributed by atoms with Crippen molar-refractivity contribution < 1.29 is 13.6 Å². The molecule has 0 radical (unpaired) electrons. The van der Waals surface area contributed by atoms with Crippen LogP contribution >= 0.6 is 0 Å². The molecule has 2 aromatic rings. The zero-order chi connectivity index (χ0) is 14.8. The maximum Gasteiger partial charge on any atom is 0.254 e. The van der Waals surface area contributed by atoms with Gasteiger partial charge >= 0.3 is 0 Å². The molecule has 20 heavy (non-hydrogen) atoms. The molecule has 0 bridgehead atoms. The average molecular weight is 275 g/mol. The Morgan fingerprint density at radius 3 is 2.40 bits per heavy atom. The molecule has 0 unspecified atom stereocenters. The number of halogens is 2. The Morgan fingerprint density at radius 1 is 1.05 bits per heavy atom. The summed E-state index contributed by atoms with van der Waals surface area (Å²) in [4.78, 5) is 12.1. The van der Waals surface area contributed by atoms with Crippen molar-refractivity contribution in [3.05, 3.63) is 71.3 Å². The number of nitrogens with one attached hydrogen (secondary N) is 1. The molecule has 2 rings (SSSR count). The summed E-state index contributed by atoms with van der Waals surface area (Å²) in [5.41, 5.74) is -0.222. The molecule has 0 atom stereocenters. The Hall–Kier alpha value is -2.23. The van der Waals surface area contributed by atoms with Gasteiger partial charge in [-0.3, -0.25) is 4.79 Å². The Kier molecular flexibility index (Phi) is 3.84. The maximum atomic E-state index is 13.6. The molecule has 0 spiro atoms. The smallest absolute Gasteiger partial charge is 0.254 e. The van der Waals surface area contributed by atoms with Crippen molar-refractivity contribution in [1.29, 1.82) is 0 Å². The van der Waals surface area contributed by atoms with Gasteiger partial charge in [0.05, 0.1) is 11.1 Å². The van der Waals surface area contributed by atoms with Crippen LogP contribution in [0.4, 0.5) is 8.78 Å². The fourth-order valence-corrected chi connectivity index (χ4v) is 1.95. The molecule has 1 N–H and O–H groups in total.